The first-order valence-corrected chi connectivity index (χ1v) is 8.98. The quantitative estimate of drug-likeness (QED) is 0.515. The van der Waals surface area contributed by atoms with E-state index in [0.717, 1.165) is 11.3 Å². The van der Waals surface area contributed by atoms with Crippen molar-refractivity contribution in [1.82, 2.24) is 5.32 Å². The van der Waals surface area contributed by atoms with Crippen molar-refractivity contribution < 1.29 is 5.21 Å². The highest BCUT2D eigenvalue weighted by atomic mass is 16.4. The monoisotopic (exact) mass is 342 g/mol. The average molecular weight is 342 g/mol. The van der Waals surface area contributed by atoms with Gasteiger partial charge in [-0.05, 0) is 16.7 Å². The maximum atomic E-state index is 9.81. The number of nitrogens with one attached hydrogen (secondary N) is 1. The lowest BCUT2D eigenvalue weighted by molar-refractivity contribution is 0.302. The van der Waals surface area contributed by atoms with Gasteiger partial charge in [0.2, 0.25) is 0 Å². The van der Waals surface area contributed by atoms with E-state index < -0.39 is 0 Å². The van der Waals surface area contributed by atoms with Crippen LogP contribution in [0.1, 0.15) is 41.1 Å². The highest BCUT2D eigenvalue weighted by molar-refractivity contribution is 5.93. The fraction of sp³-hybridized carbons (Fsp3) is 0.174. The largest absolute Gasteiger partial charge is 0.411 e. The molecule has 0 aromatic heterocycles. The van der Waals surface area contributed by atoms with Crippen LogP contribution in [0.15, 0.2) is 96.2 Å². The summed E-state index contributed by atoms with van der Waals surface area (Å²) < 4.78 is 0. The molecule has 1 saturated heterocycles. The maximum absolute atomic E-state index is 9.81. The van der Waals surface area contributed by atoms with Gasteiger partial charge in [-0.3, -0.25) is 0 Å². The van der Waals surface area contributed by atoms with E-state index in [1.54, 1.807) is 0 Å². The van der Waals surface area contributed by atoms with Crippen molar-refractivity contribution in [2.24, 2.45) is 5.16 Å². The highest BCUT2D eigenvalue weighted by Crippen LogP contribution is 2.41. The number of hydrogen-bond donors (Lipinski definition) is 2. The Bertz CT molecular complexity index is 862. The summed E-state index contributed by atoms with van der Waals surface area (Å²) in [7, 11) is 0. The minimum Gasteiger partial charge on any atom is -0.411 e. The van der Waals surface area contributed by atoms with E-state index in [1.165, 1.54) is 11.1 Å². The van der Waals surface area contributed by atoms with Crippen molar-refractivity contribution in [2.45, 2.75) is 24.4 Å². The number of hydrogen-bond acceptors (Lipinski definition) is 3. The molecule has 26 heavy (non-hydrogen) atoms. The molecule has 3 aromatic rings. The third kappa shape index (κ3) is 3.26. The van der Waals surface area contributed by atoms with Crippen molar-refractivity contribution in [3.8, 4) is 0 Å². The van der Waals surface area contributed by atoms with Crippen LogP contribution in [0.4, 0.5) is 0 Å². The van der Waals surface area contributed by atoms with Crippen LogP contribution < -0.4 is 5.32 Å². The first-order chi connectivity index (χ1) is 12.9. The summed E-state index contributed by atoms with van der Waals surface area (Å²) in [4.78, 5) is 0. The molecule has 1 aliphatic heterocycles. The standard InChI is InChI=1S/C23H22N2O/c26-25-21-16-20(17-10-4-1-5-11-17)24-23(19-14-8-3-9-15-19)22(21)18-12-6-2-7-13-18/h1-15,20,22-24,26H,16H2/t20-,22+,23+/m1/s1. The van der Waals surface area contributed by atoms with Gasteiger partial charge < -0.3 is 10.5 Å². The van der Waals surface area contributed by atoms with E-state index in [9.17, 15) is 5.21 Å². The van der Waals surface area contributed by atoms with Gasteiger partial charge >= 0.3 is 0 Å². The second-order valence-corrected chi connectivity index (χ2v) is 6.70. The smallest absolute Gasteiger partial charge is 0.0683 e. The molecule has 0 aliphatic carbocycles. The molecule has 4 rings (SSSR count). The lowest BCUT2D eigenvalue weighted by atomic mass is 9.77. The molecule has 2 N–H and O–H groups in total. The van der Waals surface area contributed by atoms with Crippen LogP contribution in [0, 0.1) is 0 Å². The van der Waals surface area contributed by atoms with Gasteiger partial charge in [-0.25, -0.2) is 0 Å². The third-order valence-electron chi connectivity index (χ3n) is 5.13. The molecule has 3 heteroatoms. The van der Waals surface area contributed by atoms with Gasteiger partial charge in [-0.1, -0.05) is 96.2 Å². The topological polar surface area (TPSA) is 44.6 Å². The molecule has 0 radical (unpaired) electrons. The molecule has 0 unspecified atom stereocenters. The van der Waals surface area contributed by atoms with E-state index in [0.29, 0.717) is 6.42 Å². The number of piperidine rings is 1. The molecule has 130 valence electrons. The van der Waals surface area contributed by atoms with Crippen LogP contribution in [0.25, 0.3) is 0 Å². The molecule has 0 bridgehead atoms. The Balaban J connectivity index is 1.78. The van der Waals surface area contributed by atoms with Crippen LogP contribution in [0.2, 0.25) is 0 Å². The van der Waals surface area contributed by atoms with Crippen molar-refractivity contribution >= 4 is 5.71 Å². The van der Waals surface area contributed by atoms with E-state index in [1.807, 2.05) is 42.5 Å². The molecule has 3 nitrogen and oxygen atoms in total. The fourth-order valence-corrected chi connectivity index (χ4v) is 3.90. The molecular weight excluding hydrogens is 320 g/mol. The zero-order valence-electron chi connectivity index (χ0n) is 14.5. The molecule has 3 aromatic carbocycles. The molecule has 0 saturated carbocycles. The Morgan fingerprint density at radius 1 is 0.692 bits per heavy atom. The van der Waals surface area contributed by atoms with Gasteiger partial charge in [0.25, 0.3) is 0 Å². The van der Waals surface area contributed by atoms with Crippen LogP contribution in [0.5, 0.6) is 0 Å². The van der Waals surface area contributed by atoms with Crippen molar-refractivity contribution in [3.63, 3.8) is 0 Å². The minimum atomic E-state index is 0.00330. The van der Waals surface area contributed by atoms with Gasteiger partial charge in [0.05, 0.1) is 5.71 Å². The normalized spacial score (nSPS) is 24.5. The summed E-state index contributed by atoms with van der Waals surface area (Å²) in [5.41, 5.74) is 4.38. The predicted molar refractivity (Wildman–Crippen MR) is 105 cm³/mol. The average Bonchev–Trinajstić information content (AvgIpc) is 2.74. The first kappa shape index (κ1) is 16.6. The maximum Gasteiger partial charge on any atom is 0.0683 e. The van der Waals surface area contributed by atoms with E-state index >= 15 is 0 Å². The number of oxime groups is 1. The Morgan fingerprint density at radius 2 is 1.19 bits per heavy atom. The molecule has 3 atom stereocenters. The van der Waals surface area contributed by atoms with Crippen molar-refractivity contribution in [3.05, 3.63) is 108 Å². The predicted octanol–water partition coefficient (Wildman–Crippen LogP) is 5.08. The summed E-state index contributed by atoms with van der Waals surface area (Å²) in [5, 5.41) is 17.4. The molecule has 1 fully saturated rings. The molecule has 1 aliphatic rings. The SMILES string of the molecule is ON=C1C[C@H](c2ccccc2)N[C@@H](c2ccccc2)[C@H]1c1ccccc1. The Morgan fingerprint density at radius 3 is 1.73 bits per heavy atom. The molecule has 0 spiro atoms. The first-order valence-electron chi connectivity index (χ1n) is 8.98. The lowest BCUT2D eigenvalue weighted by Crippen LogP contribution is -2.41. The summed E-state index contributed by atoms with van der Waals surface area (Å²) >= 11 is 0. The lowest BCUT2D eigenvalue weighted by Gasteiger charge is -2.39. The van der Waals surface area contributed by atoms with Crippen LogP contribution in [-0.4, -0.2) is 10.9 Å². The van der Waals surface area contributed by atoms with Gasteiger partial charge in [-0.15, -0.1) is 0 Å². The zero-order valence-corrected chi connectivity index (χ0v) is 14.5. The van der Waals surface area contributed by atoms with Crippen LogP contribution in [-0.2, 0) is 0 Å². The van der Waals surface area contributed by atoms with Gasteiger partial charge in [0, 0.05) is 24.4 Å². The summed E-state index contributed by atoms with van der Waals surface area (Å²) in [6.45, 7) is 0. The summed E-state index contributed by atoms with van der Waals surface area (Å²) in [6, 6.07) is 31.2. The second kappa shape index (κ2) is 7.54. The van der Waals surface area contributed by atoms with Gasteiger partial charge in [-0.2, -0.15) is 0 Å². The van der Waals surface area contributed by atoms with Gasteiger partial charge in [0.15, 0.2) is 0 Å². The van der Waals surface area contributed by atoms with E-state index in [2.05, 4.69) is 59.0 Å². The Hall–Kier alpha value is -2.91. The highest BCUT2D eigenvalue weighted by Gasteiger charge is 2.37. The minimum absolute atomic E-state index is 0.00330. The van der Waals surface area contributed by atoms with Crippen LogP contribution >= 0.6 is 0 Å². The molecular formula is C23H22N2O. The van der Waals surface area contributed by atoms with Crippen LogP contribution in [0.3, 0.4) is 0 Å². The number of nitrogens with zero attached hydrogens (tertiary/aromatic N) is 1. The third-order valence-corrected chi connectivity index (χ3v) is 5.13. The summed E-state index contributed by atoms with van der Waals surface area (Å²) in [6.07, 6.45) is 0.684. The fourth-order valence-electron chi connectivity index (χ4n) is 3.90. The number of rotatable bonds is 3. The Labute approximate surface area is 154 Å². The van der Waals surface area contributed by atoms with E-state index in [-0.39, 0.29) is 18.0 Å². The zero-order chi connectivity index (χ0) is 17.8. The Kier molecular flexibility index (Phi) is 4.80. The van der Waals surface area contributed by atoms with E-state index in [4.69, 9.17) is 0 Å². The number of benzene rings is 3. The van der Waals surface area contributed by atoms with Crippen molar-refractivity contribution in [1.29, 1.82) is 0 Å². The summed E-state index contributed by atoms with van der Waals surface area (Å²) in [5.74, 6) is 0.00330. The van der Waals surface area contributed by atoms with Crippen molar-refractivity contribution in [2.75, 3.05) is 0 Å². The second-order valence-electron chi connectivity index (χ2n) is 6.70. The molecule has 1 heterocycles. The molecule has 0 amide bonds. The van der Waals surface area contributed by atoms with Gasteiger partial charge in [0.1, 0.15) is 0 Å².